The highest BCUT2D eigenvalue weighted by atomic mass is 35.5. The number of carbonyl (C=O) groups is 1. The van der Waals surface area contributed by atoms with Gasteiger partial charge in [-0.05, 0) is 51.4 Å². The van der Waals surface area contributed by atoms with Gasteiger partial charge < -0.3 is 10.2 Å². The van der Waals surface area contributed by atoms with Crippen LogP contribution in [0.15, 0.2) is 54.6 Å². The van der Waals surface area contributed by atoms with E-state index in [2.05, 4.69) is 36.5 Å². The van der Waals surface area contributed by atoms with Crippen molar-refractivity contribution in [2.24, 2.45) is 5.92 Å². The normalized spacial score (nSPS) is 15.9. The summed E-state index contributed by atoms with van der Waals surface area (Å²) in [5.74, 6) is 0.639. The van der Waals surface area contributed by atoms with Gasteiger partial charge in [0, 0.05) is 24.0 Å². The molecule has 4 rings (SSSR count). The minimum atomic E-state index is 0. The van der Waals surface area contributed by atoms with Crippen LogP contribution in [0.3, 0.4) is 0 Å². The number of aromatic nitrogens is 1. The van der Waals surface area contributed by atoms with Crippen molar-refractivity contribution in [2.45, 2.75) is 19.8 Å². The minimum absolute atomic E-state index is 0. The fourth-order valence-electron chi connectivity index (χ4n) is 4.10. The maximum absolute atomic E-state index is 13.5. The van der Waals surface area contributed by atoms with Gasteiger partial charge in [-0.25, -0.2) is 4.98 Å². The Labute approximate surface area is 190 Å². The lowest BCUT2D eigenvalue weighted by Gasteiger charge is -2.33. The van der Waals surface area contributed by atoms with E-state index in [0.717, 1.165) is 53.8 Å². The Morgan fingerprint density at radius 1 is 1.13 bits per heavy atom. The molecule has 1 aliphatic rings. The molecule has 1 N–H and O–H groups in total. The average molecular weight is 446 g/mol. The number of rotatable bonds is 4. The van der Waals surface area contributed by atoms with Gasteiger partial charge in [-0.15, -0.1) is 24.8 Å². The van der Waals surface area contributed by atoms with Gasteiger partial charge in [0.2, 0.25) is 0 Å². The van der Waals surface area contributed by atoms with Crippen molar-refractivity contribution >= 4 is 41.6 Å². The molecule has 1 atom stereocenters. The van der Waals surface area contributed by atoms with Crippen LogP contribution in [0.5, 0.6) is 0 Å². The molecule has 1 amide bonds. The Hall–Kier alpha value is -2.14. The van der Waals surface area contributed by atoms with Gasteiger partial charge in [0.1, 0.15) is 0 Å². The van der Waals surface area contributed by atoms with Crippen molar-refractivity contribution < 1.29 is 4.79 Å². The van der Waals surface area contributed by atoms with E-state index < -0.39 is 0 Å². The molecule has 6 heteroatoms. The molecule has 0 radical (unpaired) electrons. The fraction of sp³-hybridized carbons (Fsp3) is 0.333. The third-order valence-corrected chi connectivity index (χ3v) is 5.59. The van der Waals surface area contributed by atoms with Crippen LogP contribution in [0.2, 0.25) is 0 Å². The monoisotopic (exact) mass is 445 g/mol. The summed E-state index contributed by atoms with van der Waals surface area (Å²) in [6.45, 7) is 4.67. The predicted octanol–water partition coefficient (Wildman–Crippen LogP) is 5.13. The Balaban J connectivity index is 0.00000160. The van der Waals surface area contributed by atoms with Gasteiger partial charge >= 0.3 is 0 Å². The quantitative estimate of drug-likeness (QED) is 0.605. The Bertz CT molecular complexity index is 989. The molecule has 2 heterocycles. The third kappa shape index (κ3) is 5.12. The SMILES string of the molecule is CNCC1CCCN(C(=O)c2cc(-c3ccc(C)cc3)nc3ccccc23)C1.Cl.Cl. The van der Waals surface area contributed by atoms with E-state index in [4.69, 9.17) is 4.98 Å². The van der Waals surface area contributed by atoms with Gasteiger partial charge in [-0.2, -0.15) is 0 Å². The van der Waals surface area contributed by atoms with Crippen molar-refractivity contribution in [3.05, 3.63) is 65.7 Å². The molecule has 2 aromatic carbocycles. The lowest BCUT2D eigenvalue weighted by molar-refractivity contribution is 0.0676. The molecule has 0 spiro atoms. The molecular formula is C24H29Cl2N3O. The number of para-hydroxylation sites is 1. The number of pyridine rings is 1. The van der Waals surface area contributed by atoms with Crippen molar-refractivity contribution in [1.82, 2.24) is 15.2 Å². The number of benzene rings is 2. The van der Waals surface area contributed by atoms with E-state index in [1.807, 2.05) is 42.3 Å². The Morgan fingerprint density at radius 3 is 2.60 bits per heavy atom. The second kappa shape index (κ2) is 10.8. The molecule has 1 saturated heterocycles. The molecule has 4 nitrogen and oxygen atoms in total. The zero-order valence-corrected chi connectivity index (χ0v) is 19.1. The molecular weight excluding hydrogens is 417 g/mol. The minimum Gasteiger partial charge on any atom is -0.338 e. The molecule has 0 aliphatic carbocycles. The number of hydrogen-bond acceptors (Lipinski definition) is 3. The number of amides is 1. The molecule has 30 heavy (non-hydrogen) atoms. The largest absolute Gasteiger partial charge is 0.338 e. The lowest BCUT2D eigenvalue weighted by atomic mass is 9.96. The van der Waals surface area contributed by atoms with Gasteiger partial charge in [0.25, 0.3) is 5.91 Å². The smallest absolute Gasteiger partial charge is 0.254 e. The van der Waals surface area contributed by atoms with Crippen LogP contribution in [-0.4, -0.2) is 42.5 Å². The third-order valence-electron chi connectivity index (χ3n) is 5.59. The molecule has 1 aromatic heterocycles. The van der Waals surface area contributed by atoms with E-state index in [1.54, 1.807) is 0 Å². The first-order chi connectivity index (χ1) is 13.7. The van der Waals surface area contributed by atoms with Crippen LogP contribution in [0.1, 0.15) is 28.8 Å². The van der Waals surface area contributed by atoms with E-state index in [-0.39, 0.29) is 30.7 Å². The summed E-state index contributed by atoms with van der Waals surface area (Å²) in [4.78, 5) is 20.3. The van der Waals surface area contributed by atoms with Gasteiger partial charge in [-0.3, -0.25) is 4.79 Å². The van der Waals surface area contributed by atoms with Crippen LogP contribution >= 0.6 is 24.8 Å². The van der Waals surface area contributed by atoms with Crippen LogP contribution in [0.4, 0.5) is 0 Å². The number of piperidine rings is 1. The number of nitrogens with one attached hydrogen (secondary N) is 1. The maximum atomic E-state index is 13.5. The highest BCUT2D eigenvalue weighted by Gasteiger charge is 2.25. The molecule has 1 unspecified atom stereocenters. The second-order valence-corrected chi connectivity index (χ2v) is 7.76. The summed E-state index contributed by atoms with van der Waals surface area (Å²) in [6.07, 6.45) is 2.24. The number of aryl methyl sites for hydroxylation is 1. The number of likely N-dealkylation sites (tertiary alicyclic amines) is 1. The first-order valence-electron chi connectivity index (χ1n) is 10.1. The van der Waals surface area contributed by atoms with E-state index in [9.17, 15) is 4.79 Å². The molecule has 0 bridgehead atoms. The number of fused-ring (bicyclic) bond motifs is 1. The van der Waals surface area contributed by atoms with E-state index >= 15 is 0 Å². The number of nitrogens with zero attached hydrogens (tertiary/aromatic N) is 2. The topological polar surface area (TPSA) is 45.2 Å². The number of carbonyl (C=O) groups excluding carboxylic acids is 1. The van der Waals surface area contributed by atoms with Crippen molar-refractivity contribution in [3.8, 4) is 11.3 Å². The van der Waals surface area contributed by atoms with Gasteiger partial charge in [0.15, 0.2) is 0 Å². The first kappa shape index (κ1) is 24.1. The summed E-state index contributed by atoms with van der Waals surface area (Å²) < 4.78 is 0. The number of hydrogen-bond donors (Lipinski definition) is 1. The molecule has 3 aromatic rings. The Morgan fingerprint density at radius 2 is 1.87 bits per heavy atom. The summed E-state index contributed by atoms with van der Waals surface area (Å²) >= 11 is 0. The highest BCUT2D eigenvalue weighted by Crippen LogP contribution is 2.27. The summed E-state index contributed by atoms with van der Waals surface area (Å²) in [6, 6.07) is 18.2. The second-order valence-electron chi connectivity index (χ2n) is 7.76. The summed E-state index contributed by atoms with van der Waals surface area (Å²) in [7, 11) is 1.98. The van der Waals surface area contributed by atoms with Crippen molar-refractivity contribution in [2.75, 3.05) is 26.7 Å². The summed E-state index contributed by atoms with van der Waals surface area (Å²) in [5, 5.41) is 4.18. The molecule has 1 aliphatic heterocycles. The highest BCUT2D eigenvalue weighted by molar-refractivity contribution is 6.07. The molecule has 1 fully saturated rings. The van der Waals surface area contributed by atoms with Crippen LogP contribution in [0, 0.1) is 12.8 Å². The Kier molecular flexibility index (Phi) is 8.65. The van der Waals surface area contributed by atoms with Crippen molar-refractivity contribution in [1.29, 1.82) is 0 Å². The summed E-state index contributed by atoms with van der Waals surface area (Å²) in [5.41, 5.74) is 4.73. The van der Waals surface area contributed by atoms with Crippen LogP contribution in [0.25, 0.3) is 22.2 Å². The standard InChI is InChI=1S/C24H27N3O.2ClH/c1-17-9-11-19(12-10-17)23-14-21(20-7-3-4-8-22(20)26-23)24(28)27-13-5-6-18(16-27)15-25-2;;/h3-4,7-12,14,18,25H,5-6,13,15-16H2,1-2H3;2*1H. The zero-order chi connectivity index (χ0) is 19.5. The van der Waals surface area contributed by atoms with Gasteiger partial charge in [-0.1, -0.05) is 48.0 Å². The lowest BCUT2D eigenvalue weighted by Crippen LogP contribution is -2.42. The van der Waals surface area contributed by atoms with Crippen molar-refractivity contribution in [3.63, 3.8) is 0 Å². The number of halogens is 2. The molecule has 160 valence electrons. The first-order valence-corrected chi connectivity index (χ1v) is 10.1. The average Bonchev–Trinajstić information content (AvgIpc) is 2.73. The van der Waals surface area contributed by atoms with Crippen LogP contribution in [-0.2, 0) is 0 Å². The predicted molar refractivity (Wildman–Crippen MR) is 129 cm³/mol. The zero-order valence-electron chi connectivity index (χ0n) is 17.4. The van der Waals surface area contributed by atoms with Gasteiger partial charge in [0.05, 0.1) is 16.8 Å². The molecule has 0 saturated carbocycles. The van der Waals surface area contributed by atoms with Crippen LogP contribution < -0.4 is 5.32 Å². The fourth-order valence-corrected chi connectivity index (χ4v) is 4.10. The maximum Gasteiger partial charge on any atom is 0.254 e. The van der Waals surface area contributed by atoms with E-state index in [0.29, 0.717) is 5.92 Å². The van der Waals surface area contributed by atoms with E-state index in [1.165, 1.54) is 12.0 Å².